The van der Waals surface area contributed by atoms with Crippen molar-refractivity contribution in [2.45, 2.75) is 30.6 Å². The Morgan fingerprint density at radius 3 is 2.43 bits per heavy atom. The van der Waals surface area contributed by atoms with Crippen LogP contribution in [0, 0.1) is 0 Å². The van der Waals surface area contributed by atoms with Gasteiger partial charge in [0.05, 0.1) is 18.1 Å². The van der Waals surface area contributed by atoms with Crippen LogP contribution in [0.5, 0.6) is 5.75 Å². The smallest absolute Gasteiger partial charge is 0.262 e. The molecule has 30 heavy (non-hydrogen) atoms. The zero-order valence-corrected chi connectivity index (χ0v) is 17.6. The second kappa shape index (κ2) is 9.16. The van der Waals surface area contributed by atoms with Crippen LogP contribution in [-0.2, 0) is 32.4 Å². The van der Waals surface area contributed by atoms with E-state index in [4.69, 9.17) is 9.47 Å². The second-order valence-electron chi connectivity index (χ2n) is 7.52. The van der Waals surface area contributed by atoms with Crippen molar-refractivity contribution < 1.29 is 22.7 Å². The highest BCUT2D eigenvalue weighted by Crippen LogP contribution is 2.25. The summed E-state index contributed by atoms with van der Waals surface area (Å²) in [5.41, 5.74) is 3.19. The Kier molecular flexibility index (Phi) is 6.36. The van der Waals surface area contributed by atoms with E-state index < -0.39 is 10.0 Å². The zero-order chi connectivity index (χ0) is 21.0. The van der Waals surface area contributed by atoms with Crippen LogP contribution in [-0.4, -0.2) is 51.5 Å². The summed E-state index contributed by atoms with van der Waals surface area (Å²) in [6, 6.07) is 12.2. The lowest BCUT2D eigenvalue weighted by atomic mass is 9.92. The standard InChI is InChI=1S/C22H26N2O5S/c25-22(16-29-20-8-5-17-3-1-2-4-18(17)15-20)23-19-6-9-21(10-7-19)30(26,27)24-11-13-28-14-12-24/h5-10,15H,1-4,11-14,16H2,(H,23,25). The molecule has 7 nitrogen and oxygen atoms in total. The van der Waals surface area contributed by atoms with Crippen molar-refractivity contribution in [2.75, 3.05) is 38.2 Å². The first-order valence-electron chi connectivity index (χ1n) is 10.2. The minimum Gasteiger partial charge on any atom is -0.484 e. The van der Waals surface area contributed by atoms with E-state index in [0.717, 1.165) is 12.8 Å². The quantitative estimate of drug-likeness (QED) is 0.762. The number of nitrogens with one attached hydrogen (secondary N) is 1. The Hall–Kier alpha value is -2.42. The van der Waals surface area contributed by atoms with E-state index in [9.17, 15) is 13.2 Å². The molecule has 1 heterocycles. The highest BCUT2D eigenvalue weighted by Gasteiger charge is 2.26. The molecule has 0 saturated carbocycles. The van der Waals surface area contributed by atoms with Crippen LogP contribution in [0.25, 0.3) is 0 Å². The molecule has 0 spiro atoms. The topological polar surface area (TPSA) is 84.9 Å². The van der Waals surface area contributed by atoms with Gasteiger partial charge >= 0.3 is 0 Å². The summed E-state index contributed by atoms with van der Waals surface area (Å²) in [5, 5.41) is 2.74. The number of sulfonamides is 1. The number of carbonyl (C=O) groups excluding carboxylic acids is 1. The fourth-order valence-corrected chi connectivity index (χ4v) is 5.20. The first-order chi connectivity index (χ1) is 14.5. The maximum absolute atomic E-state index is 12.6. The van der Waals surface area contributed by atoms with E-state index in [0.29, 0.717) is 37.7 Å². The fourth-order valence-electron chi connectivity index (χ4n) is 3.79. The minimum absolute atomic E-state index is 0.105. The molecule has 0 radical (unpaired) electrons. The molecule has 2 aromatic carbocycles. The Morgan fingerprint density at radius 1 is 1.00 bits per heavy atom. The summed E-state index contributed by atoms with van der Waals surface area (Å²) in [4.78, 5) is 12.4. The predicted octanol–water partition coefficient (Wildman–Crippen LogP) is 2.60. The van der Waals surface area contributed by atoms with Crippen molar-refractivity contribution in [3.05, 3.63) is 53.6 Å². The summed E-state index contributed by atoms with van der Waals surface area (Å²) in [5.74, 6) is 0.397. The Balaban J connectivity index is 1.32. The molecule has 1 amide bonds. The largest absolute Gasteiger partial charge is 0.484 e. The van der Waals surface area contributed by atoms with E-state index in [-0.39, 0.29) is 17.4 Å². The van der Waals surface area contributed by atoms with Gasteiger partial charge in [-0.25, -0.2) is 8.42 Å². The normalized spacial score (nSPS) is 17.2. The molecule has 1 aliphatic carbocycles. The van der Waals surface area contributed by atoms with E-state index in [1.54, 1.807) is 12.1 Å². The summed E-state index contributed by atoms with van der Waals surface area (Å²) in [6.07, 6.45) is 4.57. The molecule has 2 aromatic rings. The maximum atomic E-state index is 12.6. The van der Waals surface area contributed by atoms with E-state index >= 15 is 0 Å². The molecule has 0 unspecified atom stereocenters. The highest BCUT2D eigenvalue weighted by atomic mass is 32.2. The van der Waals surface area contributed by atoms with Crippen molar-refractivity contribution in [1.29, 1.82) is 0 Å². The van der Waals surface area contributed by atoms with Gasteiger partial charge in [-0.2, -0.15) is 4.31 Å². The summed E-state index contributed by atoms with van der Waals surface area (Å²) in [6.45, 7) is 1.39. The molecule has 2 aliphatic rings. The fraction of sp³-hybridized carbons (Fsp3) is 0.409. The SMILES string of the molecule is O=C(COc1ccc2c(c1)CCCC2)Nc1ccc(S(=O)(=O)N2CCOCC2)cc1. The Morgan fingerprint density at radius 2 is 1.70 bits per heavy atom. The number of ether oxygens (including phenoxy) is 2. The zero-order valence-electron chi connectivity index (χ0n) is 16.8. The Labute approximate surface area is 177 Å². The molecule has 160 valence electrons. The molecular formula is C22H26N2O5S. The average molecular weight is 431 g/mol. The number of fused-ring (bicyclic) bond motifs is 1. The first-order valence-corrected chi connectivity index (χ1v) is 11.7. The van der Waals surface area contributed by atoms with Crippen molar-refractivity contribution in [3.8, 4) is 5.75 Å². The minimum atomic E-state index is -3.55. The van der Waals surface area contributed by atoms with Crippen LogP contribution in [0.2, 0.25) is 0 Å². The van der Waals surface area contributed by atoms with Gasteiger partial charge in [-0.05, 0) is 73.2 Å². The van der Waals surface area contributed by atoms with E-state index in [1.165, 1.54) is 40.4 Å². The number of morpholine rings is 1. The number of nitrogens with zero attached hydrogens (tertiary/aromatic N) is 1. The number of aryl methyl sites for hydroxylation is 2. The van der Waals surface area contributed by atoms with Gasteiger partial charge in [0.1, 0.15) is 5.75 Å². The molecule has 1 aliphatic heterocycles. The molecule has 1 N–H and O–H groups in total. The third-order valence-corrected chi connectivity index (χ3v) is 7.35. The number of hydrogen-bond donors (Lipinski definition) is 1. The number of amides is 1. The summed E-state index contributed by atoms with van der Waals surface area (Å²) >= 11 is 0. The molecule has 1 saturated heterocycles. The third-order valence-electron chi connectivity index (χ3n) is 5.44. The predicted molar refractivity (Wildman–Crippen MR) is 113 cm³/mol. The molecule has 8 heteroatoms. The van der Waals surface area contributed by atoms with Gasteiger partial charge in [0.2, 0.25) is 10.0 Å². The van der Waals surface area contributed by atoms with Crippen LogP contribution in [0.15, 0.2) is 47.4 Å². The van der Waals surface area contributed by atoms with Crippen molar-refractivity contribution in [2.24, 2.45) is 0 Å². The number of rotatable bonds is 6. The molecule has 0 aromatic heterocycles. The van der Waals surface area contributed by atoms with Gasteiger partial charge in [-0.1, -0.05) is 6.07 Å². The van der Waals surface area contributed by atoms with Crippen LogP contribution < -0.4 is 10.1 Å². The lowest BCUT2D eigenvalue weighted by molar-refractivity contribution is -0.118. The number of anilines is 1. The van der Waals surface area contributed by atoms with Crippen LogP contribution >= 0.6 is 0 Å². The second-order valence-corrected chi connectivity index (χ2v) is 9.45. The first kappa shape index (κ1) is 20.8. The maximum Gasteiger partial charge on any atom is 0.262 e. The van der Waals surface area contributed by atoms with Gasteiger partial charge in [0.15, 0.2) is 6.61 Å². The van der Waals surface area contributed by atoms with Gasteiger partial charge < -0.3 is 14.8 Å². The van der Waals surface area contributed by atoms with Crippen molar-refractivity contribution >= 4 is 21.6 Å². The molecule has 0 atom stereocenters. The lowest BCUT2D eigenvalue weighted by Gasteiger charge is -2.26. The molecule has 0 bridgehead atoms. The van der Waals surface area contributed by atoms with E-state index in [1.807, 2.05) is 12.1 Å². The number of benzene rings is 2. The van der Waals surface area contributed by atoms with Gasteiger partial charge in [0.25, 0.3) is 5.91 Å². The Bertz CT molecular complexity index is 999. The molecule has 4 rings (SSSR count). The van der Waals surface area contributed by atoms with Gasteiger partial charge in [0, 0.05) is 18.8 Å². The lowest BCUT2D eigenvalue weighted by Crippen LogP contribution is -2.40. The third kappa shape index (κ3) is 4.83. The number of carbonyl (C=O) groups is 1. The van der Waals surface area contributed by atoms with Crippen molar-refractivity contribution in [3.63, 3.8) is 0 Å². The van der Waals surface area contributed by atoms with Crippen molar-refractivity contribution in [1.82, 2.24) is 4.31 Å². The van der Waals surface area contributed by atoms with Gasteiger partial charge in [-0.3, -0.25) is 4.79 Å². The summed E-state index contributed by atoms with van der Waals surface area (Å²) in [7, 11) is -3.55. The van der Waals surface area contributed by atoms with Crippen LogP contribution in [0.3, 0.4) is 0 Å². The average Bonchev–Trinajstić information content (AvgIpc) is 2.78. The van der Waals surface area contributed by atoms with E-state index in [2.05, 4.69) is 11.4 Å². The number of hydrogen-bond acceptors (Lipinski definition) is 5. The van der Waals surface area contributed by atoms with Crippen LogP contribution in [0.1, 0.15) is 24.0 Å². The monoisotopic (exact) mass is 430 g/mol. The van der Waals surface area contributed by atoms with Crippen LogP contribution in [0.4, 0.5) is 5.69 Å². The van der Waals surface area contributed by atoms with Gasteiger partial charge in [-0.15, -0.1) is 0 Å². The summed E-state index contributed by atoms with van der Waals surface area (Å²) < 4.78 is 37.6. The molecular weight excluding hydrogens is 404 g/mol. The molecule has 1 fully saturated rings. The highest BCUT2D eigenvalue weighted by molar-refractivity contribution is 7.89.